The van der Waals surface area contributed by atoms with Gasteiger partial charge in [-0.15, -0.1) is 0 Å². The number of nitrogens with zero attached hydrogens (tertiary/aromatic N) is 2. The number of carbonyl (C=O) groups is 1. The molecule has 1 saturated carbocycles. The van der Waals surface area contributed by atoms with E-state index in [1.807, 2.05) is 0 Å². The molecule has 4 rings (SSSR count). The summed E-state index contributed by atoms with van der Waals surface area (Å²) in [6, 6.07) is 0.565. The molecule has 4 aliphatic rings. The van der Waals surface area contributed by atoms with Gasteiger partial charge in [0.15, 0.2) is 0 Å². The minimum absolute atomic E-state index is 0.319. The summed E-state index contributed by atoms with van der Waals surface area (Å²) in [7, 11) is 0. The highest BCUT2D eigenvalue weighted by molar-refractivity contribution is 5.80. The van der Waals surface area contributed by atoms with Crippen molar-refractivity contribution in [3.8, 4) is 0 Å². The Hall–Kier alpha value is -0.870. The highest BCUT2D eigenvalue weighted by atomic mass is 16.5. The first-order valence-electron chi connectivity index (χ1n) is 10.00. The molecule has 134 valence electrons. The molecule has 0 aromatic heterocycles. The molecule has 24 heavy (non-hydrogen) atoms. The fourth-order valence-electron chi connectivity index (χ4n) is 5.22. The lowest BCUT2D eigenvalue weighted by molar-refractivity contribution is -0.134. The standard InChI is InChI=1S/C20H32N2O2/c1-3-15-8-19(13-24-14(15)2)21-9-17-11-22(12-18(17)10-21)20(23)16-6-4-5-7-16/h14-16,19H,3-13H2,1-2H3. The van der Waals surface area contributed by atoms with Crippen LogP contribution >= 0.6 is 0 Å². The van der Waals surface area contributed by atoms with Gasteiger partial charge in [-0.3, -0.25) is 9.69 Å². The summed E-state index contributed by atoms with van der Waals surface area (Å²) < 4.78 is 6.03. The van der Waals surface area contributed by atoms with Crippen LogP contribution in [0.2, 0.25) is 0 Å². The van der Waals surface area contributed by atoms with Crippen LogP contribution < -0.4 is 0 Å². The van der Waals surface area contributed by atoms with Crippen LogP contribution in [-0.2, 0) is 9.53 Å². The van der Waals surface area contributed by atoms with Crippen LogP contribution in [-0.4, -0.2) is 60.6 Å². The molecule has 2 fully saturated rings. The average molecular weight is 332 g/mol. The zero-order valence-corrected chi connectivity index (χ0v) is 15.3. The zero-order chi connectivity index (χ0) is 16.7. The lowest BCUT2D eigenvalue weighted by Crippen LogP contribution is -2.47. The number of rotatable bonds is 3. The van der Waals surface area contributed by atoms with Crippen molar-refractivity contribution in [3.63, 3.8) is 0 Å². The Balaban J connectivity index is 1.31. The third-order valence-corrected chi connectivity index (χ3v) is 6.90. The largest absolute Gasteiger partial charge is 0.377 e. The maximum atomic E-state index is 12.6. The molecular formula is C20H32N2O2. The third-order valence-electron chi connectivity index (χ3n) is 6.90. The second-order valence-electron chi connectivity index (χ2n) is 8.38. The molecule has 4 heteroatoms. The summed E-state index contributed by atoms with van der Waals surface area (Å²) in [6.45, 7) is 9.28. The van der Waals surface area contributed by atoms with Gasteiger partial charge in [-0.1, -0.05) is 26.2 Å². The Labute approximate surface area is 146 Å². The number of hydrogen-bond donors (Lipinski definition) is 0. The average Bonchev–Trinajstić information content (AvgIpc) is 3.30. The predicted molar refractivity (Wildman–Crippen MR) is 94.7 cm³/mol. The van der Waals surface area contributed by atoms with E-state index in [-0.39, 0.29) is 0 Å². The molecule has 1 aliphatic carbocycles. The molecule has 1 saturated heterocycles. The Morgan fingerprint density at radius 2 is 1.79 bits per heavy atom. The van der Waals surface area contributed by atoms with Gasteiger partial charge in [-0.25, -0.2) is 0 Å². The first-order chi connectivity index (χ1) is 11.7. The van der Waals surface area contributed by atoms with Crippen molar-refractivity contribution < 1.29 is 9.53 Å². The van der Waals surface area contributed by atoms with E-state index in [1.54, 1.807) is 0 Å². The van der Waals surface area contributed by atoms with Crippen molar-refractivity contribution in [1.82, 2.24) is 9.80 Å². The number of amides is 1. The zero-order valence-electron chi connectivity index (χ0n) is 15.3. The molecule has 3 heterocycles. The van der Waals surface area contributed by atoms with E-state index in [0.29, 0.717) is 29.9 Å². The van der Waals surface area contributed by atoms with Crippen LogP contribution in [0.25, 0.3) is 0 Å². The van der Waals surface area contributed by atoms with E-state index in [4.69, 9.17) is 4.74 Å². The van der Waals surface area contributed by atoms with Crippen LogP contribution in [0.3, 0.4) is 0 Å². The monoisotopic (exact) mass is 332 g/mol. The first-order valence-corrected chi connectivity index (χ1v) is 10.00. The second kappa shape index (κ2) is 6.80. The van der Waals surface area contributed by atoms with Crippen molar-refractivity contribution >= 4 is 5.91 Å². The van der Waals surface area contributed by atoms with Gasteiger partial charge in [0.05, 0.1) is 12.7 Å². The minimum Gasteiger partial charge on any atom is -0.377 e. The van der Waals surface area contributed by atoms with Gasteiger partial charge < -0.3 is 9.64 Å². The van der Waals surface area contributed by atoms with Gasteiger partial charge in [-0.05, 0) is 43.3 Å². The van der Waals surface area contributed by atoms with Crippen molar-refractivity contribution in [3.05, 3.63) is 11.1 Å². The van der Waals surface area contributed by atoms with Crippen LogP contribution in [0.15, 0.2) is 11.1 Å². The molecule has 0 bridgehead atoms. The van der Waals surface area contributed by atoms with Gasteiger partial charge in [0, 0.05) is 38.1 Å². The predicted octanol–water partition coefficient (Wildman–Crippen LogP) is 2.83. The van der Waals surface area contributed by atoms with Gasteiger partial charge in [0.2, 0.25) is 5.91 Å². The number of carbonyl (C=O) groups excluding carboxylic acids is 1. The Morgan fingerprint density at radius 3 is 2.42 bits per heavy atom. The number of hydrogen-bond acceptors (Lipinski definition) is 3. The van der Waals surface area contributed by atoms with Crippen molar-refractivity contribution in [2.45, 2.75) is 64.5 Å². The molecule has 4 nitrogen and oxygen atoms in total. The van der Waals surface area contributed by atoms with Gasteiger partial charge in [-0.2, -0.15) is 0 Å². The molecule has 3 atom stereocenters. The summed E-state index contributed by atoms with van der Waals surface area (Å²) in [4.78, 5) is 17.4. The summed E-state index contributed by atoms with van der Waals surface area (Å²) in [5.74, 6) is 1.44. The topological polar surface area (TPSA) is 32.8 Å². The molecule has 3 unspecified atom stereocenters. The molecule has 1 amide bonds. The SMILES string of the molecule is CCC1CC(N2CC3=C(CN(C(=O)C4CCCC4)C3)C2)COC1C. The maximum Gasteiger partial charge on any atom is 0.226 e. The summed E-state index contributed by atoms with van der Waals surface area (Å²) >= 11 is 0. The smallest absolute Gasteiger partial charge is 0.226 e. The van der Waals surface area contributed by atoms with Crippen molar-refractivity contribution in [2.75, 3.05) is 32.8 Å². The molecule has 3 aliphatic heterocycles. The van der Waals surface area contributed by atoms with Crippen LogP contribution in [0, 0.1) is 11.8 Å². The maximum absolute atomic E-state index is 12.6. The fourth-order valence-corrected chi connectivity index (χ4v) is 5.22. The minimum atomic E-state index is 0.319. The number of ether oxygens (including phenoxy) is 1. The third kappa shape index (κ3) is 3.03. The van der Waals surface area contributed by atoms with E-state index in [9.17, 15) is 4.79 Å². The quantitative estimate of drug-likeness (QED) is 0.745. The van der Waals surface area contributed by atoms with Crippen molar-refractivity contribution in [2.24, 2.45) is 11.8 Å². The highest BCUT2D eigenvalue weighted by Gasteiger charge is 2.39. The van der Waals surface area contributed by atoms with E-state index in [0.717, 1.165) is 45.6 Å². The van der Waals surface area contributed by atoms with E-state index in [2.05, 4.69) is 23.6 Å². The summed E-state index contributed by atoms with van der Waals surface area (Å²) in [5, 5.41) is 0. The van der Waals surface area contributed by atoms with E-state index in [1.165, 1.54) is 36.8 Å². The molecule has 0 aromatic rings. The lowest BCUT2D eigenvalue weighted by atomic mass is 9.89. The normalized spacial score (nSPS) is 35.1. The van der Waals surface area contributed by atoms with E-state index < -0.39 is 0 Å². The van der Waals surface area contributed by atoms with Crippen LogP contribution in [0.5, 0.6) is 0 Å². The molecule has 0 N–H and O–H groups in total. The fraction of sp³-hybridized carbons (Fsp3) is 0.850. The Kier molecular flexibility index (Phi) is 4.70. The highest BCUT2D eigenvalue weighted by Crippen LogP contribution is 2.34. The molecule has 0 spiro atoms. The van der Waals surface area contributed by atoms with Gasteiger partial charge >= 0.3 is 0 Å². The van der Waals surface area contributed by atoms with Gasteiger partial charge in [0.25, 0.3) is 0 Å². The van der Waals surface area contributed by atoms with Gasteiger partial charge in [0.1, 0.15) is 0 Å². The Morgan fingerprint density at radius 1 is 1.12 bits per heavy atom. The van der Waals surface area contributed by atoms with Crippen LogP contribution in [0.4, 0.5) is 0 Å². The van der Waals surface area contributed by atoms with Crippen LogP contribution in [0.1, 0.15) is 52.4 Å². The second-order valence-corrected chi connectivity index (χ2v) is 8.38. The first kappa shape index (κ1) is 16.6. The molecular weight excluding hydrogens is 300 g/mol. The Bertz CT molecular complexity index is 506. The molecule has 0 aromatic carbocycles. The molecule has 0 radical (unpaired) electrons. The lowest BCUT2D eigenvalue weighted by Gasteiger charge is -2.39. The van der Waals surface area contributed by atoms with E-state index >= 15 is 0 Å². The van der Waals surface area contributed by atoms with Crippen molar-refractivity contribution in [1.29, 1.82) is 0 Å². The summed E-state index contributed by atoms with van der Waals surface area (Å²) in [6.07, 6.45) is 7.59. The summed E-state index contributed by atoms with van der Waals surface area (Å²) in [5.41, 5.74) is 3.04.